The van der Waals surface area contributed by atoms with Crippen molar-refractivity contribution in [2.75, 3.05) is 13.2 Å². The Bertz CT molecular complexity index is 4470. The van der Waals surface area contributed by atoms with Crippen LogP contribution in [0.3, 0.4) is 0 Å². The normalized spacial score (nSPS) is 25.2. The van der Waals surface area contributed by atoms with Crippen molar-refractivity contribution in [1.82, 2.24) is 29.7 Å². The lowest BCUT2D eigenvalue weighted by atomic mass is 9.88. The maximum absolute atomic E-state index is 14.7. The van der Waals surface area contributed by atoms with Crippen LogP contribution in [0, 0.1) is 40.7 Å². The summed E-state index contributed by atoms with van der Waals surface area (Å²) >= 11 is 0. The lowest BCUT2D eigenvalue weighted by Gasteiger charge is -2.43. The molecule has 14 rings (SSSR count). The Labute approximate surface area is 435 Å². The largest absolute Gasteiger partial charge is 0.394 e. The van der Waals surface area contributed by atoms with E-state index in [1.807, 2.05) is 0 Å². The van der Waals surface area contributed by atoms with Crippen molar-refractivity contribution in [3.8, 4) is 0 Å². The van der Waals surface area contributed by atoms with E-state index in [1.165, 1.54) is 29.0 Å². The molecule has 0 spiro atoms. The molecule has 79 heavy (non-hydrogen) atoms. The molecule has 2 saturated heterocycles. The van der Waals surface area contributed by atoms with E-state index >= 15 is 0 Å². The molecule has 0 saturated carbocycles. The zero-order valence-electron chi connectivity index (χ0n) is 40.7. The molecule has 2 fully saturated rings. The van der Waals surface area contributed by atoms with E-state index in [0.29, 0.717) is 0 Å². The Kier molecular flexibility index (Phi) is 10.9. The predicted octanol–water partition coefficient (Wildman–Crippen LogP) is 6.38. The van der Waals surface area contributed by atoms with Gasteiger partial charge >= 0.3 is 0 Å². The van der Waals surface area contributed by atoms with Crippen LogP contribution < -0.4 is 10.6 Å². The number of ether oxygens (including phenoxy) is 2. The highest BCUT2D eigenvalue weighted by molar-refractivity contribution is 6.41. The average Bonchev–Trinajstić information content (AvgIpc) is 2.50. The van der Waals surface area contributed by atoms with Gasteiger partial charge in [-0.15, -0.1) is 0 Å². The molecule has 10 N–H and O–H groups in total. The Morgan fingerprint density at radius 2 is 0.886 bits per heavy atom. The smallest absolute Gasteiger partial charge is 0.259 e. The number of amides is 4. The molecule has 0 unspecified atom stereocenters. The van der Waals surface area contributed by atoms with E-state index in [0.717, 1.165) is 48.5 Å². The first-order valence-electron chi connectivity index (χ1n) is 24.4. The predicted molar refractivity (Wildman–Crippen MR) is 265 cm³/mol. The molecule has 10 aromatic rings. The number of aromatic nitrogens is 4. The number of carbonyl (C=O) groups excluding carboxylic acids is 4. The SMILES string of the molecule is C[C@@]1(O)C[C@@H](CO)O[C@@H](n2c3cc(F)c(F)cc3c3c4c(c5c6cc(F)c(F)cc6[nH]c5c32)C(=O)NC4=O)[C@@H]1O.C[C@]1(O)C[C@@H](CO)O[C@@H](n2c3ccc(F)cc3c3c4c(c5c6cc(F)c(F)cc6[nH]c5c32)C(=O)NC4=O)[C@@H]1O. The lowest BCUT2D eigenvalue weighted by molar-refractivity contribution is -0.237. The van der Waals surface area contributed by atoms with Gasteiger partial charge in [-0.25, -0.2) is 30.7 Å². The molecule has 0 radical (unpaired) electrons. The number of aliphatic hydroxyl groups excluding tert-OH is 4. The van der Waals surface area contributed by atoms with Crippen LogP contribution in [0.1, 0.15) is 80.6 Å². The summed E-state index contributed by atoms with van der Waals surface area (Å²) in [7, 11) is 0. The molecule has 8 heterocycles. The number of halogens is 7. The van der Waals surface area contributed by atoms with Gasteiger partial charge in [0.2, 0.25) is 0 Å². The topological polar surface area (TPSA) is 274 Å². The highest BCUT2D eigenvalue weighted by Gasteiger charge is 2.49. The number of nitrogens with zero attached hydrogens (tertiary/aromatic N) is 2. The number of aliphatic hydroxyl groups is 6. The number of carbonyl (C=O) groups is 4. The molecule has 4 aliphatic rings. The number of hydrogen-bond donors (Lipinski definition) is 10. The summed E-state index contributed by atoms with van der Waals surface area (Å²) in [5.41, 5.74) is -3.33. The van der Waals surface area contributed by atoms with Gasteiger partial charge in [0, 0.05) is 85.2 Å². The number of H-pyrrole nitrogens is 2. The van der Waals surface area contributed by atoms with Gasteiger partial charge in [0.05, 0.1) is 92.0 Å². The maximum atomic E-state index is 14.7. The molecule has 406 valence electrons. The van der Waals surface area contributed by atoms with Gasteiger partial charge in [0.25, 0.3) is 23.6 Å². The number of aromatic amines is 2. The average molecular weight is 1100 g/mol. The van der Waals surface area contributed by atoms with Gasteiger partial charge in [-0.2, -0.15) is 0 Å². The lowest BCUT2D eigenvalue weighted by Crippen LogP contribution is -2.54. The molecular formula is C54H39F7N6O12. The molecule has 4 aromatic heterocycles. The third-order valence-corrected chi connectivity index (χ3v) is 15.7. The number of rotatable bonds is 4. The fraction of sp³-hybridized carbons (Fsp3) is 0.259. The Morgan fingerprint density at radius 3 is 1.32 bits per heavy atom. The summed E-state index contributed by atoms with van der Waals surface area (Å²) < 4.78 is 116. The van der Waals surface area contributed by atoms with Crippen LogP contribution in [0.25, 0.3) is 87.2 Å². The number of fused-ring (bicyclic) bond motifs is 20. The Hall–Kier alpha value is -8.01. The van der Waals surface area contributed by atoms with Crippen LogP contribution in [0.5, 0.6) is 0 Å². The number of hydrogen-bond acceptors (Lipinski definition) is 12. The number of benzene rings is 6. The second kappa shape index (κ2) is 17.0. The minimum Gasteiger partial charge on any atom is -0.394 e. The van der Waals surface area contributed by atoms with Crippen LogP contribution in [0.4, 0.5) is 30.7 Å². The third-order valence-electron chi connectivity index (χ3n) is 15.7. The molecule has 18 nitrogen and oxygen atoms in total. The van der Waals surface area contributed by atoms with Crippen molar-refractivity contribution in [3.05, 3.63) is 118 Å². The van der Waals surface area contributed by atoms with E-state index in [-0.39, 0.29) is 122 Å². The highest BCUT2D eigenvalue weighted by Crippen LogP contribution is 2.50. The molecule has 8 atom stereocenters. The van der Waals surface area contributed by atoms with E-state index in [2.05, 4.69) is 20.6 Å². The Balaban J connectivity index is 0.000000150. The van der Waals surface area contributed by atoms with Crippen molar-refractivity contribution in [3.63, 3.8) is 0 Å². The summed E-state index contributed by atoms with van der Waals surface area (Å²) in [6.07, 6.45) is -8.22. The number of imide groups is 2. The number of nitrogens with one attached hydrogen (secondary N) is 4. The monoisotopic (exact) mass is 1100 g/mol. The van der Waals surface area contributed by atoms with Gasteiger partial charge in [-0.1, -0.05) is 0 Å². The first kappa shape index (κ1) is 50.5. The summed E-state index contributed by atoms with van der Waals surface area (Å²) in [6, 6.07) is 8.91. The molecular weight excluding hydrogens is 1060 g/mol. The van der Waals surface area contributed by atoms with Crippen LogP contribution in [-0.4, -0.2) is 122 Å². The molecule has 4 amide bonds. The van der Waals surface area contributed by atoms with Crippen molar-refractivity contribution < 1.29 is 90.0 Å². The van der Waals surface area contributed by atoms with Crippen LogP contribution in [-0.2, 0) is 9.47 Å². The third kappa shape index (κ3) is 7.00. The minimum atomic E-state index is -1.81. The summed E-state index contributed by atoms with van der Waals surface area (Å²) in [5, 5.41) is 69.2. The van der Waals surface area contributed by atoms with E-state index < -0.39 is 126 Å². The van der Waals surface area contributed by atoms with E-state index in [1.54, 1.807) is 0 Å². The first-order valence-corrected chi connectivity index (χ1v) is 24.4. The fourth-order valence-corrected chi connectivity index (χ4v) is 12.3. The quantitative estimate of drug-likeness (QED) is 0.0679. The second-order valence-corrected chi connectivity index (χ2v) is 20.7. The van der Waals surface area contributed by atoms with E-state index in [9.17, 15) is 80.6 Å². The summed E-state index contributed by atoms with van der Waals surface area (Å²) in [6.45, 7) is 1.68. The van der Waals surface area contributed by atoms with Crippen LogP contribution in [0.15, 0.2) is 54.6 Å². The van der Waals surface area contributed by atoms with E-state index in [4.69, 9.17) is 9.47 Å². The Morgan fingerprint density at radius 1 is 0.519 bits per heavy atom. The summed E-state index contributed by atoms with van der Waals surface area (Å²) in [5.74, 6) is -11.1. The van der Waals surface area contributed by atoms with Crippen molar-refractivity contribution in [2.24, 2.45) is 0 Å². The maximum Gasteiger partial charge on any atom is 0.259 e. The van der Waals surface area contributed by atoms with Crippen LogP contribution >= 0.6 is 0 Å². The minimum absolute atomic E-state index is 0.00839. The van der Waals surface area contributed by atoms with Gasteiger partial charge in [-0.05, 0) is 50.2 Å². The van der Waals surface area contributed by atoms with Crippen molar-refractivity contribution in [2.45, 2.75) is 74.8 Å². The molecule has 0 bridgehead atoms. The van der Waals surface area contributed by atoms with Gasteiger partial charge < -0.3 is 59.2 Å². The molecule has 4 aliphatic heterocycles. The zero-order valence-corrected chi connectivity index (χ0v) is 40.7. The highest BCUT2D eigenvalue weighted by atomic mass is 19.2. The molecule has 0 aliphatic carbocycles. The van der Waals surface area contributed by atoms with Gasteiger partial charge in [-0.3, -0.25) is 29.8 Å². The standard InChI is InChI=1S/C27H19F4N3O6.C27H20F3N3O6/c1-27(39)6-8(7-35)40-26(23(27)36)34-16-5-14(31)12(29)3-10(16)18-20-19(24(37)33-25(20)38)17-9-2-11(28)13(30)4-15(9)32-21(17)22(18)34;1-27(38)7-10(8-34)39-26(23(27)35)33-16-3-2-9(28)4-12(16)18-20-19(24(36)32-25(20)37)17-11-5-13(29)14(30)6-15(11)31-21(17)22(18)33/h2-5,8,23,26,32,35-36,39H,6-7H2,1H3,(H,33,37,38);2-6,10,23,26,31,34-35,38H,7-8H2,1H3,(H,32,36,37)/t8-,23-,26+,27+;10-,23-,26+,27-/m00/s1. The van der Waals surface area contributed by atoms with Gasteiger partial charge in [0.1, 0.15) is 18.0 Å². The molecule has 6 aromatic carbocycles. The zero-order chi connectivity index (χ0) is 56.0. The fourth-order valence-electron chi connectivity index (χ4n) is 12.3. The second-order valence-electron chi connectivity index (χ2n) is 20.7. The molecule has 25 heteroatoms. The van der Waals surface area contributed by atoms with Crippen molar-refractivity contribution >= 4 is 111 Å². The van der Waals surface area contributed by atoms with Gasteiger partial charge in [0.15, 0.2) is 47.4 Å². The van der Waals surface area contributed by atoms with Crippen molar-refractivity contribution in [1.29, 1.82) is 0 Å². The summed E-state index contributed by atoms with van der Waals surface area (Å²) in [4.78, 5) is 58.3. The van der Waals surface area contributed by atoms with Crippen LogP contribution in [0.2, 0.25) is 0 Å². The first-order chi connectivity index (χ1) is 37.4.